The summed E-state index contributed by atoms with van der Waals surface area (Å²) in [6.07, 6.45) is 3.04. The largest absolute Gasteiger partial charge is 0.368 e. The Labute approximate surface area is 173 Å². The van der Waals surface area contributed by atoms with Crippen molar-refractivity contribution in [2.24, 2.45) is 7.05 Å². The van der Waals surface area contributed by atoms with Crippen LogP contribution in [0, 0.1) is 0 Å². The Morgan fingerprint density at radius 3 is 3.00 bits per heavy atom. The van der Waals surface area contributed by atoms with Crippen molar-refractivity contribution in [2.75, 3.05) is 18.5 Å². The number of imidazole rings is 1. The molecule has 2 amide bonds. The van der Waals surface area contributed by atoms with E-state index in [2.05, 4.69) is 15.2 Å². The van der Waals surface area contributed by atoms with E-state index >= 15 is 0 Å². The lowest BCUT2D eigenvalue weighted by molar-refractivity contribution is -0.130. The number of ether oxygens (including phenoxy) is 1. The lowest BCUT2D eigenvalue weighted by Gasteiger charge is -2.10. The standard InChI is InChI=1S/C21H24N4O3S/c1-25-16-9-8-14(23-21(27)18-6-4-12-29-18)13-15(16)24-19(25)7-2-10-22-20(26)17-5-3-11-28-17/h4,6,8-9,12-13,17H,2-3,5,7,10-11H2,1H3,(H,22,26)(H,23,27). The third kappa shape index (κ3) is 4.49. The van der Waals surface area contributed by atoms with E-state index in [9.17, 15) is 9.59 Å². The van der Waals surface area contributed by atoms with E-state index in [-0.39, 0.29) is 17.9 Å². The van der Waals surface area contributed by atoms with Gasteiger partial charge >= 0.3 is 0 Å². The zero-order valence-electron chi connectivity index (χ0n) is 16.3. The molecule has 1 aliphatic rings. The molecule has 0 aliphatic carbocycles. The Morgan fingerprint density at radius 1 is 1.34 bits per heavy atom. The third-order valence-electron chi connectivity index (χ3n) is 5.07. The first-order chi connectivity index (χ1) is 14.1. The number of anilines is 1. The average Bonchev–Trinajstić information content (AvgIpc) is 3.47. The van der Waals surface area contributed by atoms with E-state index in [4.69, 9.17) is 9.72 Å². The lowest BCUT2D eigenvalue weighted by atomic mass is 10.2. The summed E-state index contributed by atoms with van der Waals surface area (Å²) in [6.45, 7) is 1.28. The fourth-order valence-corrected chi connectivity index (χ4v) is 4.13. The number of amides is 2. The number of aryl methyl sites for hydroxylation is 2. The molecule has 29 heavy (non-hydrogen) atoms. The molecule has 0 radical (unpaired) electrons. The molecule has 0 spiro atoms. The molecule has 1 atom stereocenters. The number of nitrogens with one attached hydrogen (secondary N) is 2. The van der Waals surface area contributed by atoms with Crippen molar-refractivity contribution in [3.05, 3.63) is 46.4 Å². The van der Waals surface area contributed by atoms with Crippen LogP contribution in [0.15, 0.2) is 35.7 Å². The van der Waals surface area contributed by atoms with Crippen molar-refractivity contribution < 1.29 is 14.3 Å². The Kier molecular flexibility index (Phi) is 5.92. The summed E-state index contributed by atoms with van der Waals surface area (Å²) in [4.78, 5) is 29.6. The molecular weight excluding hydrogens is 388 g/mol. The molecular formula is C21H24N4O3S. The van der Waals surface area contributed by atoms with Crippen molar-refractivity contribution >= 4 is 39.9 Å². The van der Waals surface area contributed by atoms with Crippen LogP contribution in [-0.2, 0) is 23.0 Å². The summed E-state index contributed by atoms with van der Waals surface area (Å²) in [5, 5.41) is 7.75. The first kappa shape index (κ1) is 19.6. The van der Waals surface area contributed by atoms with Crippen molar-refractivity contribution in [2.45, 2.75) is 31.8 Å². The van der Waals surface area contributed by atoms with Gasteiger partial charge in [0.15, 0.2) is 0 Å². The van der Waals surface area contributed by atoms with Gasteiger partial charge in [-0.2, -0.15) is 0 Å². The van der Waals surface area contributed by atoms with E-state index in [0.29, 0.717) is 18.0 Å². The molecule has 1 saturated heterocycles. The first-order valence-corrected chi connectivity index (χ1v) is 10.7. The van der Waals surface area contributed by atoms with Gasteiger partial charge in [-0.3, -0.25) is 9.59 Å². The van der Waals surface area contributed by atoms with E-state index in [1.54, 1.807) is 6.07 Å². The van der Waals surface area contributed by atoms with Crippen LogP contribution in [0.1, 0.15) is 34.8 Å². The number of rotatable bonds is 7. The minimum absolute atomic E-state index is 0.0152. The molecule has 1 aromatic carbocycles. The molecule has 1 fully saturated rings. The van der Waals surface area contributed by atoms with Crippen molar-refractivity contribution in [3.63, 3.8) is 0 Å². The van der Waals surface area contributed by atoms with Crippen LogP contribution < -0.4 is 10.6 Å². The fraction of sp³-hybridized carbons (Fsp3) is 0.381. The molecule has 8 heteroatoms. The van der Waals surface area contributed by atoms with Crippen LogP contribution in [0.2, 0.25) is 0 Å². The van der Waals surface area contributed by atoms with Gasteiger partial charge in [0, 0.05) is 32.3 Å². The van der Waals surface area contributed by atoms with Gasteiger partial charge in [0.1, 0.15) is 11.9 Å². The van der Waals surface area contributed by atoms with Crippen LogP contribution in [0.25, 0.3) is 11.0 Å². The van der Waals surface area contributed by atoms with Crippen molar-refractivity contribution in [1.29, 1.82) is 0 Å². The molecule has 1 aliphatic heterocycles. The van der Waals surface area contributed by atoms with Gasteiger partial charge in [0.2, 0.25) is 5.91 Å². The molecule has 1 unspecified atom stereocenters. The number of fused-ring (bicyclic) bond motifs is 1. The normalized spacial score (nSPS) is 16.2. The highest BCUT2D eigenvalue weighted by Gasteiger charge is 2.22. The number of thiophene rings is 1. The molecule has 3 aromatic rings. The predicted molar refractivity (Wildman–Crippen MR) is 113 cm³/mol. The van der Waals surface area contributed by atoms with Gasteiger partial charge in [-0.05, 0) is 48.9 Å². The van der Waals surface area contributed by atoms with Crippen molar-refractivity contribution in [1.82, 2.24) is 14.9 Å². The highest BCUT2D eigenvalue weighted by Crippen LogP contribution is 2.21. The monoisotopic (exact) mass is 412 g/mol. The number of nitrogens with zero attached hydrogens (tertiary/aromatic N) is 2. The van der Waals surface area contributed by atoms with E-state index in [0.717, 1.165) is 48.2 Å². The highest BCUT2D eigenvalue weighted by atomic mass is 32.1. The molecule has 7 nitrogen and oxygen atoms in total. The van der Waals surface area contributed by atoms with Gasteiger partial charge in [-0.25, -0.2) is 4.98 Å². The summed E-state index contributed by atoms with van der Waals surface area (Å²) >= 11 is 1.41. The maximum atomic E-state index is 12.2. The number of benzene rings is 1. The molecule has 0 saturated carbocycles. The molecule has 2 aromatic heterocycles. The van der Waals surface area contributed by atoms with Crippen molar-refractivity contribution in [3.8, 4) is 0 Å². The zero-order chi connectivity index (χ0) is 20.2. The van der Waals surface area contributed by atoms with Gasteiger partial charge in [-0.15, -0.1) is 11.3 Å². The molecule has 2 N–H and O–H groups in total. The van der Waals surface area contributed by atoms with E-state index in [1.807, 2.05) is 36.7 Å². The van der Waals surface area contributed by atoms with Crippen LogP contribution in [-0.4, -0.2) is 40.6 Å². The number of carbonyl (C=O) groups excluding carboxylic acids is 2. The lowest BCUT2D eigenvalue weighted by Crippen LogP contribution is -2.34. The summed E-state index contributed by atoms with van der Waals surface area (Å²) in [7, 11) is 1.99. The maximum absolute atomic E-state index is 12.2. The molecule has 4 rings (SSSR count). The minimum Gasteiger partial charge on any atom is -0.368 e. The van der Waals surface area contributed by atoms with Crippen LogP contribution >= 0.6 is 11.3 Å². The Bertz CT molecular complexity index is 1010. The first-order valence-electron chi connectivity index (χ1n) is 9.81. The minimum atomic E-state index is -0.284. The average molecular weight is 413 g/mol. The summed E-state index contributed by atoms with van der Waals surface area (Å²) in [5.74, 6) is 0.823. The topological polar surface area (TPSA) is 85.2 Å². The Hall–Kier alpha value is -2.71. The Balaban J connectivity index is 1.35. The maximum Gasteiger partial charge on any atom is 0.265 e. The quantitative estimate of drug-likeness (QED) is 0.584. The van der Waals surface area contributed by atoms with Gasteiger partial charge < -0.3 is 19.9 Å². The zero-order valence-corrected chi connectivity index (χ0v) is 17.1. The number of hydrogen-bond donors (Lipinski definition) is 2. The SMILES string of the molecule is Cn1c(CCCNC(=O)C2CCCO2)nc2cc(NC(=O)c3cccs3)ccc21. The highest BCUT2D eigenvalue weighted by molar-refractivity contribution is 7.12. The predicted octanol–water partition coefficient (Wildman–Crippen LogP) is 3.11. The molecule has 0 bridgehead atoms. The summed E-state index contributed by atoms with van der Waals surface area (Å²) < 4.78 is 7.45. The number of aromatic nitrogens is 2. The van der Waals surface area contributed by atoms with E-state index < -0.39 is 0 Å². The molecule has 3 heterocycles. The smallest absolute Gasteiger partial charge is 0.265 e. The number of carbonyl (C=O) groups is 2. The second kappa shape index (κ2) is 8.75. The number of hydrogen-bond acceptors (Lipinski definition) is 5. The molecule has 152 valence electrons. The van der Waals surface area contributed by atoms with Gasteiger partial charge in [0.25, 0.3) is 5.91 Å². The third-order valence-corrected chi connectivity index (χ3v) is 5.94. The Morgan fingerprint density at radius 2 is 2.24 bits per heavy atom. The van der Waals surface area contributed by atoms with Crippen LogP contribution in [0.5, 0.6) is 0 Å². The van der Waals surface area contributed by atoms with Gasteiger partial charge in [0.05, 0.1) is 15.9 Å². The summed E-state index contributed by atoms with van der Waals surface area (Å²) in [6, 6.07) is 9.41. The van der Waals surface area contributed by atoms with Crippen LogP contribution in [0.3, 0.4) is 0 Å². The van der Waals surface area contributed by atoms with Gasteiger partial charge in [-0.1, -0.05) is 6.07 Å². The summed E-state index contributed by atoms with van der Waals surface area (Å²) in [5.41, 5.74) is 2.58. The fourth-order valence-electron chi connectivity index (χ4n) is 3.51. The second-order valence-corrected chi connectivity index (χ2v) is 8.07. The van der Waals surface area contributed by atoms with E-state index in [1.165, 1.54) is 11.3 Å². The second-order valence-electron chi connectivity index (χ2n) is 7.12. The van der Waals surface area contributed by atoms with Crippen LogP contribution in [0.4, 0.5) is 5.69 Å².